The second kappa shape index (κ2) is 7.44. The quantitative estimate of drug-likeness (QED) is 0.796. The van der Waals surface area contributed by atoms with Crippen LogP contribution in [0.5, 0.6) is 0 Å². The van der Waals surface area contributed by atoms with E-state index in [9.17, 15) is 4.79 Å². The van der Waals surface area contributed by atoms with Crippen LogP contribution in [0.3, 0.4) is 0 Å². The summed E-state index contributed by atoms with van der Waals surface area (Å²) in [6, 6.07) is 10.6. The highest BCUT2D eigenvalue weighted by Gasteiger charge is 2.26. The molecule has 2 heterocycles. The molecule has 1 saturated carbocycles. The van der Waals surface area contributed by atoms with Crippen LogP contribution in [-0.2, 0) is 4.79 Å². The Morgan fingerprint density at radius 2 is 1.80 bits per heavy atom. The Balaban J connectivity index is 1.32. The number of nitrogens with zero attached hydrogens (tertiary/aromatic N) is 2. The zero-order valence-corrected chi connectivity index (χ0v) is 14.7. The van der Waals surface area contributed by atoms with Crippen LogP contribution in [0.25, 0.3) is 17.0 Å². The van der Waals surface area contributed by atoms with Gasteiger partial charge in [-0.1, -0.05) is 37.5 Å². The molecule has 4 heteroatoms. The number of hydrogen-bond donors (Lipinski definition) is 0. The molecule has 1 saturated heterocycles. The van der Waals surface area contributed by atoms with E-state index in [4.69, 9.17) is 4.42 Å². The Hall–Kier alpha value is -2.07. The molecule has 0 N–H and O–H groups in total. The number of rotatable bonds is 3. The lowest BCUT2D eigenvalue weighted by Gasteiger charge is -2.40. The van der Waals surface area contributed by atoms with Crippen LogP contribution in [0.1, 0.15) is 37.9 Å². The van der Waals surface area contributed by atoms with Gasteiger partial charge in [0.2, 0.25) is 5.91 Å². The second-order valence-corrected chi connectivity index (χ2v) is 7.17. The lowest BCUT2D eigenvalue weighted by Crippen LogP contribution is -2.52. The summed E-state index contributed by atoms with van der Waals surface area (Å²) in [7, 11) is 0. The van der Waals surface area contributed by atoms with E-state index < -0.39 is 0 Å². The number of fused-ring (bicyclic) bond motifs is 1. The standard InChI is InChI=1S/C21H26N2O2/c24-21(11-10-19-16-17-6-4-5-9-20(17)25-19)23-14-12-22(13-15-23)18-7-2-1-3-8-18/h4-6,9-11,16,18H,1-3,7-8,12-15H2. The fourth-order valence-corrected chi connectivity index (χ4v) is 4.10. The van der Waals surface area contributed by atoms with Crippen molar-refractivity contribution >= 4 is 23.0 Å². The number of piperazine rings is 1. The first-order valence-electron chi connectivity index (χ1n) is 9.49. The Labute approximate surface area is 149 Å². The van der Waals surface area contributed by atoms with Gasteiger partial charge >= 0.3 is 0 Å². The van der Waals surface area contributed by atoms with Gasteiger partial charge in [0.05, 0.1) is 0 Å². The topological polar surface area (TPSA) is 36.7 Å². The van der Waals surface area contributed by atoms with Crippen LogP contribution >= 0.6 is 0 Å². The molecule has 1 amide bonds. The molecule has 0 atom stereocenters. The molecule has 2 fully saturated rings. The summed E-state index contributed by atoms with van der Waals surface area (Å²) >= 11 is 0. The van der Waals surface area contributed by atoms with Crippen molar-refractivity contribution in [1.82, 2.24) is 9.80 Å². The average Bonchev–Trinajstić information content (AvgIpc) is 3.10. The number of carbonyl (C=O) groups is 1. The first-order valence-corrected chi connectivity index (χ1v) is 9.49. The van der Waals surface area contributed by atoms with Crippen molar-refractivity contribution in [3.63, 3.8) is 0 Å². The molecule has 4 rings (SSSR count). The number of furan rings is 1. The summed E-state index contributed by atoms with van der Waals surface area (Å²) in [6.45, 7) is 3.68. The normalized spacial score (nSPS) is 20.6. The van der Waals surface area contributed by atoms with E-state index in [1.54, 1.807) is 12.2 Å². The largest absolute Gasteiger partial charge is 0.457 e. The summed E-state index contributed by atoms with van der Waals surface area (Å²) < 4.78 is 5.74. The molecule has 0 bridgehead atoms. The van der Waals surface area contributed by atoms with E-state index in [2.05, 4.69) is 4.90 Å². The van der Waals surface area contributed by atoms with Gasteiger partial charge in [-0.3, -0.25) is 9.69 Å². The Bertz CT molecular complexity index is 717. The maximum Gasteiger partial charge on any atom is 0.246 e. The zero-order chi connectivity index (χ0) is 17.1. The maximum atomic E-state index is 12.4. The molecule has 1 aromatic carbocycles. The van der Waals surface area contributed by atoms with Gasteiger partial charge in [-0.15, -0.1) is 0 Å². The molecule has 0 radical (unpaired) electrons. The van der Waals surface area contributed by atoms with Gasteiger partial charge in [-0.25, -0.2) is 0 Å². The molecule has 25 heavy (non-hydrogen) atoms. The predicted molar refractivity (Wildman–Crippen MR) is 100 cm³/mol. The molecule has 2 aromatic rings. The fraction of sp³-hybridized carbons (Fsp3) is 0.476. The van der Waals surface area contributed by atoms with Gasteiger partial charge in [0.25, 0.3) is 0 Å². The number of amides is 1. The summed E-state index contributed by atoms with van der Waals surface area (Å²) in [5.74, 6) is 0.819. The Morgan fingerprint density at radius 1 is 1.04 bits per heavy atom. The summed E-state index contributed by atoms with van der Waals surface area (Å²) in [5, 5.41) is 1.07. The van der Waals surface area contributed by atoms with Crippen LogP contribution in [0.2, 0.25) is 0 Å². The third-order valence-corrected chi connectivity index (χ3v) is 5.55. The summed E-state index contributed by atoms with van der Waals surface area (Å²) in [4.78, 5) is 17.0. The van der Waals surface area contributed by atoms with E-state index in [1.165, 1.54) is 32.1 Å². The SMILES string of the molecule is O=C(C=Cc1cc2ccccc2o1)N1CCN(C2CCCCC2)CC1. The minimum atomic E-state index is 0.0868. The zero-order valence-electron chi connectivity index (χ0n) is 14.7. The van der Waals surface area contributed by atoms with Crippen LogP contribution < -0.4 is 0 Å². The van der Waals surface area contributed by atoms with Crippen LogP contribution in [0, 0.1) is 0 Å². The van der Waals surface area contributed by atoms with Gasteiger partial charge in [0.1, 0.15) is 11.3 Å². The number of hydrogen-bond acceptors (Lipinski definition) is 3. The van der Waals surface area contributed by atoms with Gasteiger partial charge in [0, 0.05) is 43.7 Å². The summed E-state index contributed by atoms with van der Waals surface area (Å²) in [5.41, 5.74) is 0.857. The minimum Gasteiger partial charge on any atom is -0.457 e. The molecule has 1 aliphatic carbocycles. The Kier molecular flexibility index (Phi) is 4.88. The third-order valence-electron chi connectivity index (χ3n) is 5.55. The van der Waals surface area contributed by atoms with E-state index >= 15 is 0 Å². The molecular weight excluding hydrogens is 312 g/mol. The van der Waals surface area contributed by atoms with Crippen molar-refractivity contribution in [2.75, 3.05) is 26.2 Å². The lowest BCUT2D eigenvalue weighted by molar-refractivity contribution is -0.128. The van der Waals surface area contributed by atoms with Crippen molar-refractivity contribution in [2.24, 2.45) is 0 Å². The smallest absolute Gasteiger partial charge is 0.246 e. The highest BCUT2D eigenvalue weighted by Crippen LogP contribution is 2.24. The average molecular weight is 338 g/mol. The number of para-hydroxylation sites is 1. The van der Waals surface area contributed by atoms with Crippen molar-refractivity contribution in [1.29, 1.82) is 0 Å². The van der Waals surface area contributed by atoms with Crippen molar-refractivity contribution in [3.8, 4) is 0 Å². The predicted octanol–water partition coefficient (Wildman–Crippen LogP) is 3.92. The monoisotopic (exact) mass is 338 g/mol. The first kappa shape index (κ1) is 16.4. The Morgan fingerprint density at radius 3 is 2.56 bits per heavy atom. The second-order valence-electron chi connectivity index (χ2n) is 7.17. The number of benzene rings is 1. The fourth-order valence-electron chi connectivity index (χ4n) is 4.10. The number of carbonyl (C=O) groups excluding carboxylic acids is 1. The van der Waals surface area contributed by atoms with E-state index in [0.717, 1.165) is 49.0 Å². The molecule has 4 nitrogen and oxygen atoms in total. The molecule has 2 aliphatic rings. The van der Waals surface area contributed by atoms with Crippen molar-refractivity contribution in [3.05, 3.63) is 42.2 Å². The van der Waals surface area contributed by atoms with Gasteiger partial charge < -0.3 is 9.32 Å². The molecule has 132 valence electrons. The third kappa shape index (κ3) is 3.79. The van der Waals surface area contributed by atoms with E-state index in [1.807, 2.05) is 35.2 Å². The van der Waals surface area contributed by atoms with Crippen LogP contribution in [-0.4, -0.2) is 47.9 Å². The minimum absolute atomic E-state index is 0.0868. The molecule has 1 aliphatic heterocycles. The molecule has 0 spiro atoms. The van der Waals surface area contributed by atoms with E-state index in [0.29, 0.717) is 0 Å². The van der Waals surface area contributed by atoms with Crippen molar-refractivity contribution in [2.45, 2.75) is 38.1 Å². The van der Waals surface area contributed by atoms with Crippen LogP contribution in [0.4, 0.5) is 0 Å². The van der Waals surface area contributed by atoms with Gasteiger partial charge in [-0.2, -0.15) is 0 Å². The maximum absolute atomic E-state index is 12.4. The molecule has 0 unspecified atom stereocenters. The highest BCUT2D eigenvalue weighted by atomic mass is 16.3. The lowest BCUT2D eigenvalue weighted by atomic mass is 9.94. The molecular formula is C21H26N2O2. The van der Waals surface area contributed by atoms with Gasteiger partial charge in [0.15, 0.2) is 0 Å². The molecule has 1 aromatic heterocycles. The van der Waals surface area contributed by atoms with Crippen LogP contribution in [0.15, 0.2) is 40.8 Å². The highest BCUT2D eigenvalue weighted by molar-refractivity contribution is 5.92. The van der Waals surface area contributed by atoms with E-state index in [-0.39, 0.29) is 5.91 Å². The summed E-state index contributed by atoms with van der Waals surface area (Å²) in [6.07, 6.45) is 10.2. The van der Waals surface area contributed by atoms with Crippen molar-refractivity contribution < 1.29 is 9.21 Å². The first-order chi connectivity index (χ1) is 12.3. The van der Waals surface area contributed by atoms with Gasteiger partial charge in [-0.05, 0) is 31.1 Å².